The highest BCUT2D eigenvalue weighted by molar-refractivity contribution is 5.28. The summed E-state index contributed by atoms with van der Waals surface area (Å²) >= 11 is 0. The lowest BCUT2D eigenvalue weighted by molar-refractivity contribution is 0.331. The third kappa shape index (κ3) is 4.39. The van der Waals surface area contributed by atoms with Gasteiger partial charge in [0, 0.05) is 13.1 Å². The zero-order chi connectivity index (χ0) is 14.4. The van der Waals surface area contributed by atoms with Crippen molar-refractivity contribution in [2.24, 2.45) is 0 Å². The Kier molecular flexibility index (Phi) is 5.19. The third-order valence-corrected chi connectivity index (χ3v) is 3.45. The Morgan fingerprint density at radius 1 is 1.00 bits per heavy atom. The van der Waals surface area contributed by atoms with Gasteiger partial charge < -0.3 is 9.64 Å². The molecule has 106 valence electrons. The molecule has 2 aromatic carbocycles. The first-order chi connectivity index (χ1) is 9.67. The molecule has 0 heterocycles. The van der Waals surface area contributed by atoms with E-state index in [-0.39, 0.29) is 0 Å². The standard InChI is InChI=1S/C18H23NO/c1-15-6-4-8-17(12-15)14-19(2)11-10-16-7-5-9-18(13-16)20-3/h4-9,12-13H,10-11,14H2,1-3H3. The van der Waals surface area contributed by atoms with Gasteiger partial charge in [-0.05, 0) is 43.7 Å². The molecule has 0 atom stereocenters. The third-order valence-electron chi connectivity index (χ3n) is 3.45. The number of likely N-dealkylation sites (N-methyl/N-ethyl adjacent to an activating group) is 1. The number of hydrogen-bond acceptors (Lipinski definition) is 2. The van der Waals surface area contributed by atoms with Gasteiger partial charge in [-0.3, -0.25) is 0 Å². The van der Waals surface area contributed by atoms with Gasteiger partial charge in [-0.2, -0.15) is 0 Å². The van der Waals surface area contributed by atoms with Gasteiger partial charge in [-0.1, -0.05) is 42.0 Å². The molecule has 0 saturated heterocycles. The molecule has 0 amide bonds. The zero-order valence-electron chi connectivity index (χ0n) is 12.6. The van der Waals surface area contributed by atoms with Crippen molar-refractivity contribution in [3.63, 3.8) is 0 Å². The highest BCUT2D eigenvalue weighted by Crippen LogP contribution is 2.13. The quantitative estimate of drug-likeness (QED) is 0.793. The van der Waals surface area contributed by atoms with Gasteiger partial charge in [0.05, 0.1) is 7.11 Å². The molecule has 0 aliphatic carbocycles. The van der Waals surface area contributed by atoms with E-state index in [1.54, 1.807) is 7.11 Å². The lowest BCUT2D eigenvalue weighted by Crippen LogP contribution is -2.20. The average molecular weight is 269 g/mol. The Bertz CT molecular complexity index is 551. The summed E-state index contributed by atoms with van der Waals surface area (Å²) in [5.41, 5.74) is 4.02. The van der Waals surface area contributed by atoms with E-state index in [1.165, 1.54) is 16.7 Å². The van der Waals surface area contributed by atoms with E-state index in [1.807, 2.05) is 6.07 Å². The van der Waals surface area contributed by atoms with Crippen LogP contribution in [0, 0.1) is 6.92 Å². The summed E-state index contributed by atoms with van der Waals surface area (Å²) in [6, 6.07) is 17.0. The zero-order valence-corrected chi connectivity index (χ0v) is 12.6. The van der Waals surface area contributed by atoms with Crippen LogP contribution in [0.1, 0.15) is 16.7 Å². The largest absolute Gasteiger partial charge is 0.497 e. The number of rotatable bonds is 6. The molecule has 2 rings (SSSR count). The molecular formula is C18H23NO. The summed E-state index contributed by atoms with van der Waals surface area (Å²) in [7, 11) is 3.88. The summed E-state index contributed by atoms with van der Waals surface area (Å²) in [5.74, 6) is 0.934. The fourth-order valence-electron chi connectivity index (χ4n) is 2.35. The molecule has 0 N–H and O–H groups in total. The second-order valence-electron chi connectivity index (χ2n) is 5.33. The van der Waals surface area contributed by atoms with Crippen molar-refractivity contribution < 1.29 is 4.74 Å². The van der Waals surface area contributed by atoms with Gasteiger partial charge in [0.2, 0.25) is 0 Å². The van der Waals surface area contributed by atoms with E-state index in [4.69, 9.17) is 4.74 Å². The smallest absolute Gasteiger partial charge is 0.119 e. The highest BCUT2D eigenvalue weighted by atomic mass is 16.5. The molecule has 0 aromatic heterocycles. The molecule has 0 spiro atoms. The van der Waals surface area contributed by atoms with Crippen LogP contribution in [0.4, 0.5) is 0 Å². The van der Waals surface area contributed by atoms with Crippen LogP contribution >= 0.6 is 0 Å². The van der Waals surface area contributed by atoms with Crippen LogP contribution in [0.25, 0.3) is 0 Å². The second kappa shape index (κ2) is 7.11. The Hall–Kier alpha value is -1.80. The highest BCUT2D eigenvalue weighted by Gasteiger charge is 2.02. The molecule has 0 aliphatic heterocycles. The first-order valence-electron chi connectivity index (χ1n) is 7.04. The van der Waals surface area contributed by atoms with Gasteiger partial charge in [-0.15, -0.1) is 0 Å². The molecule has 2 nitrogen and oxygen atoms in total. The molecule has 0 saturated carbocycles. The molecule has 20 heavy (non-hydrogen) atoms. The molecule has 2 heteroatoms. The van der Waals surface area contributed by atoms with Crippen LogP contribution in [0.15, 0.2) is 48.5 Å². The van der Waals surface area contributed by atoms with Crippen LogP contribution in [0.2, 0.25) is 0 Å². The normalized spacial score (nSPS) is 10.8. The SMILES string of the molecule is COc1cccc(CCN(C)Cc2cccc(C)c2)c1. The minimum absolute atomic E-state index is 0.934. The van der Waals surface area contributed by atoms with Gasteiger partial charge in [0.25, 0.3) is 0 Å². The van der Waals surface area contributed by atoms with Crippen LogP contribution in [0.3, 0.4) is 0 Å². The van der Waals surface area contributed by atoms with Crippen molar-refractivity contribution in [3.8, 4) is 5.75 Å². The number of hydrogen-bond donors (Lipinski definition) is 0. The molecular weight excluding hydrogens is 246 g/mol. The van der Waals surface area contributed by atoms with Gasteiger partial charge in [-0.25, -0.2) is 0 Å². The van der Waals surface area contributed by atoms with Gasteiger partial charge in [0.15, 0.2) is 0 Å². The lowest BCUT2D eigenvalue weighted by atomic mass is 10.1. The maximum Gasteiger partial charge on any atom is 0.119 e. The molecule has 2 aromatic rings. The number of methoxy groups -OCH3 is 1. The fraction of sp³-hybridized carbons (Fsp3) is 0.333. The Labute approximate surface area is 122 Å². The van der Waals surface area contributed by atoms with Crippen molar-refractivity contribution in [2.75, 3.05) is 20.7 Å². The number of nitrogens with zero attached hydrogens (tertiary/aromatic N) is 1. The van der Waals surface area contributed by atoms with Crippen molar-refractivity contribution in [1.82, 2.24) is 4.90 Å². The Morgan fingerprint density at radius 3 is 2.50 bits per heavy atom. The molecule has 0 radical (unpaired) electrons. The predicted octanol–water partition coefficient (Wildman–Crippen LogP) is 3.68. The van der Waals surface area contributed by atoms with Crippen LogP contribution in [-0.4, -0.2) is 25.6 Å². The van der Waals surface area contributed by atoms with E-state index in [2.05, 4.69) is 61.3 Å². The Morgan fingerprint density at radius 2 is 1.75 bits per heavy atom. The maximum absolute atomic E-state index is 5.26. The molecule has 0 aliphatic rings. The van der Waals surface area contributed by atoms with E-state index in [0.717, 1.165) is 25.3 Å². The van der Waals surface area contributed by atoms with Crippen molar-refractivity contribution in [1.29, 1.82) is 0 Å². The average Bonchev–Trinajstić information content (AvgIpc) is 2.45. The minimum atomic E-state index is 0.934. The first-order valence-corrected chi connectivity index (χ1v) is 7.04. The predicted molar refractivity (Wildman–Crippen MR) is 84.2 cm³/mol. The molecule has 0 bridgehead atoms. The monoisotopic (exact) mass is 269 g/mol. The van der Waals surface area contributed by atoms with Crippen LogP contribution in [0.5, 0.6) is 5.75 Å². The fourth-order valence-corrected chi connectivity index (χ4v) is 2.35. The maximum atomic E-state index is 5.26. The number of benzene rings is 2. The van der Waals surface area contributed by atoms with Crippen LogP contribution in [-0.2, 0) is 13.0 Å². The van der Waals surface area contributed by atoms with Crippen molar-refractivity contribution in [3.05, 3.63) is 65.2 Å². The minimum Gasteiger partial charge on any atom is -0.497 e. The van der Waals surface area contributed by atoms with E-state index in [9.17, 15) is 0 Å². The summed E-state index contributed by atoms with van der Waals surface area (Å²) in [6.07, 6.45) is 1.04. The van der Waals surface area contributed by atoms with E-state index >= 15 is 0 Å². The van der Waals surface area contributed by atoms with Gasteiger partial charge >= 0.3 is 0 Å². The topological polar surface area (TPSA) is 12.5 Å². The summed E-state index contributed by atoms with van der Waals surface area (Å²) < 4.78 is 5.26. The van der Waals surface area contributed by atoms with Crippen LogP contribution < -0.4 is 4.74 Å². The number of aryl methyl sites for hydroxylation is 1. The molecule has 0 fully saturated rings. The van der Waals surface area contributed by atoms with E-state index in [0.29, 0.717) is 0 Å². The van der Waals surface area contributed by atoms with Crippen molar-refractivity contribution >= 4 is 0 Å². The Balaban J connectivity index is 1.87. The molecule has 0 unspecified atom stereocenters. The second-order valence-corrected chi connectivity index (χ2v) is 5.33. The number of ether oxygens (including phenoxy) is 1. The summed E-state index contributed by atoms with van der Waals surface area (Å²) in [4.78, 5) is 2.36. The first kappa shape index (κ1) is 14.6. The lowest BCUT2D eigenvalue weighted by Gasteiger charge is -2.17. The van der Waals surface area contributed by atoms with Crippen molar-refractivity contribution in [2.45, 2.75) is 19.9 Å². The van der Waals surface area contributed by atoms with Gasteiger partial charge in [0.1, 0.15) is 5.75 Å². The van der Waals surface area contributed by atoms with E-state index < -0.39 is 0 Å². The summed E-state index contributed by atoms with van der Waals surface area (Å²) in [5, 5.41) is 0. The summed E-state index contributed by atoms with van der Waals surface area (Å²) in [6.45, 7) is 4.17.